The first kappa shape index (κ1) is 17.9. The molecule has 0 fully saturated rings. The Morgan fingerprint density at radius 3 is 2.50 bits per heavy atom. The summed E-state index contributed by atoms with van der Waals surface area (Å²) in [5.41, 5.74) is 2.71. The van der Waals surface area contributed by atoms with Crippen LogP contribution in [0.15, 0.2) is 53.4 Å². The van der Waals surface area contributed by atoms with Gasteiger partial charge in [-0.15, -0.1) is 0 Å². The highest BCUT2D eigenvalue weighted by Gasteiger charge is 2.13. The van der Waals surface area contributed by atoms with Crippen molar-refractivity contribution in [2.75, 3.05) is 18.1 Å². The van der Waals surface area contributed by atoms with Crippen LogP contribution in [0.5, 0.6) is 0 Å². The molecule has 2 N–H and O–H groups in total. The highest BCUT2D eigenvalue weighted by atomic mass is 32.2. The van der Waals surface area contributed by atoms with Crippen LogP contribution >= 0.6 is 0 Å². The molecule has 2 amide bonds. The van der Waals surface area contributed by atoms with Crippen LogP contribution in [0, 0.1) is 6.92 Å². The van der Waals surface area contributed by atoms with Gasteiger partial charge in [0.2, 0.25) is 0 Å². The Morgan fingerprint density at radius 1 is 1.04 bits per heavy atom. The molecule has 0 saturated carbocycles. The van der Waals surface area contributed by atoms with Gasteiger partial charge < -0.3 is 10.6 Å². The monoisotopic (exact) mass is 344 g/mol. The summed E-state index contributed by atoms with van der Waals surface area (Å²) in [7, 11) is -1.14. The van der Waals surface area contributed by atoms with Crippen molar-refractivity contribution in [3.05, 3.63) is 59.7 Å². The van der Waals surface area contributed by atoms with E-state index in [4.69, 9.17) is 0 Å². The summed E-state index contributed by atoms with van der Waals surface area (Å²) in [5.74, 6) is -1.43. The SMILES string of the molecule is Cc1cccc(CCNC(=O)C(=O)Nc2cccc([S@](C)=O)c2)c1. The van der Waals surface area contributed by atoms with Crippen molar-refractivity contribution in [2.45, 2.75) is 18.2 Å². The third-order valence-electron chi connectivity index (χ3n) is 3.41. The number of hydrogen-bond donors (Lipinski definition) is 2. The predicted octanol–water partition coefficient (Wildman–Crippen LogP) is 2.03. The van der Waals surface area contributed by atoms with Gasteiger partial charge in [-0.1, -0.05) is 35.9 Å². The predicted molar refractivity (Wildman–Crippen MR) is 95.3 cm³/mol. The van der Waals surface area contributed by atoms with E-state index in [0.717, 1.165) is 11.1 Å². The van der Waals surface area contributed by atoms with Crippen LogP contribution < -0.4 is 10.6 Å². The minimum Gasteiger partial charge on any atom is -0.347 e. The average molecular weight is 344 g/mol. The van der Waals surface area contributed by atoms with E-state index in [9.17, 15) is 13.8 Å². The van der Waals surface area contributed by atoms with Crippen LogP contribution in [0.3, 0.4) is 0 Å². The van der Waals surface area contributed by atoms with Gasteiger partial charge in [-0.05, 0) is 37.1 Å². The number of nitrogens with one attached hydrogen (secondary N) is 2. The smallest absolute Gasteiger partial charge is 0.313 e. The molecule has 2 aromatic carbocycles. The van der Waals surface area contributed by atoms with Gasteiger partial charge in [-0.3, -0.25) is 13.8 Å². The molecule has 24 heavy (non-hydrogen) atoms. The van der Waals surface area contributed by atoms with Gasteiger partial charge >= 0.3 is 11.8 Å². The Bertz CT molecular complexity index is 774. The summed E-state index contributed by atoms with van der Waals surface area (Å²) in [6.45, 7) is 2.39. The van der Waals surface area contributed by atoms with Gasteiger partial charge in [-0.2, -0.15) is 0 Å². The molecule has 0 bridgehead atoms. The van der Waals surface area contributed by atoms with E-state index in [0.29, 0.717) is 23.5 Å². The fraction of sp³-hybridized carbons (Fsp3) is 0.222. The zero-order valence-corrected chi connectivity index (χ0v) is 14.5. The molecule has 0 spiro atoms. The number of anilines is 1. The molecular formula is C18H20N2O3S. The molecule has 1 atom stereocenters. The molecule has 0 radical (unpaired) electrons. The van der Waals surface area contributed by atoms with Crippen molar-refractivity contribution in [2.24, 2.45) is 0 Å². The topological polar surface area (TPSA) is 75.3 Å². The Kier molecular flexibility index (Phi) is 6.26. The number of hydrogen-bond acceptors (Lipinski definition) is 3. The van der Waals surface area contributed by atoms with E-state index < -0.39 is 22.6 Å². The van der Waals surface area contributed by atoms with Gasteiger partial charge in [0.15, 0.2) is 0 Å². The van der Waals surface area contributed by atoms with E-state index in [1.165, 1.54) is 0 Å². The molecule has 0 heterocycles. The number of aryl methyl sites for hydroxylation is 1. The molecule has 6 heteroatoms. The number of benzene rings is 2. The minimum absolute atomic E-state index is 0.384. The summed E-state index contributed by atoms with van der Waals surface area (Å²) >= 11 is 0. The lowest BCUT2D eigenvalue weighted by atomic mass is 10.1. The molecule has 2 rings (SSSR count). The van der Waals surface area contributed by atoms with Crippen LogP contribution in [0.2, 0.25) is 0 Å². The highest BCUT2D eigenvalue weighted by molar-refractivity contribution is 7.84. The van der Waals surface area contributed by atoms with Crippen molar-refractivity contribution in [1.82, 2.24) is 5.32 Å². The third kappa shape index (κ3) is 5.31. The highest BCUT2D eigenvalue weighted by Crippen LogP contribution is 2.13. The number of carbonyl (C=O) groups excluding carboxylic acids is 2. The molecule has 0 aliphatic carbocycles. The lowest BCUT2D eigenvalue weighted by Gasteiger charge is -2.08. The van der Waals surface area contributed by atoms with Gasteiger partial charge in [0.1, 0.15) is 0 Å². The maximum absolute atomic E-state index is 11.9. The summed E-state index contributed by atoms with van der Waals surface area (Å²) in [6.07, 6.45) is 2.21. The van der Waals surface area contributed by atoms with Crippen molar-refractivity contribution < 1.29 is 13.8 Å². The van der Waals surface area contributed by atoms with Gasteiger partial charge in [0.05, 0.1) is 0 Å². The minimum atomic E-state index is -1.14. The van der Waals surface area contributed by atoms with Gasteiger partial charge in [0, 0.05) is 34.2 Å². The number of rotatable bonds is 5. The Morgan fingerprint density at radius 2 is 1.79 bits per heavy atom. The number of amides is 2. The average Bonchev–Trinajstić information content (AvgIpc) is 2.55. The maximum atomic E-state index is 11.9. The molecule has 126 valence electrons. The maximum Gasteiger partial charge on any atom is 0.313 e. The molecule has 0 aliphatic rings. The van der Waals surface area contributed by atoms with Crippen molar-refractivity contribution >= 4 is 28.3 Å². The molecule has 0 saturated heterocycles. The summed E-state index contributed by atoms with van der Waals surface area (Å²) in [6, 6.07) is 14.6. The fourth-order valence-electron chi connectivity index (χ4n) is 2.21. The van der Waals surface area contributed by atoms with Gasteiger partial charge in [-0.25, -0.2) is 0 Å². The van der Waals surface area contributed by atoms with E-state index >= 15 is 0 Å². The van der Waals surface area contributed by atoms with Crippen LogP contribution in [-0.4, -0.2) is 28.8 Å². The quantitative estimate of drug-likeness (QED) is 0.815. The Balaban J connectivity index is 1.85. The summed E-state index contributed by atoms with van der Waals surface area (Å²) in [5, 5.41) is 5.11. The largest absolute Gasteiger partial charge is 0.347 e. The zero-order chi connectivity index (χ0) is 17.5. The Labute approximate surface area is 143 Å². The standard InChI is InChI=1S/C18H20N2O3S/c1-13-5-3-6-14(11-13)9-10-19-17(21)18(22)20-15-7-4-8-16(12-15)24(2)23/h3-8,11-12H,9-10H2,1-2H3,(H,19,21)(H,20,22)/t24-/m0/s1. The Hall–Kier alpha value is -2.47. The molecule has 2 aromatic rings. The van der Waals surface area contributed by atoms with Crippen LogP contribution in [-0.2, 0) is 26.8 Å². The lowest BCUT2D eigenvalue weighted by molar-refractivity contribution is -0.136. The van der Waals surface area contributed by atoms with Crippen molar-refractivity contribution in [1.29, 1.82) is 0 Å². The molecule has 5 nitrogen and oxygen atoms in total. The van der Waals surface area contributed by atoms with Crippen LogP contribution in [0.4, 0.5) is 5.69 Å². The second-order valence-electron chi connectivity index (χ2n) is 5.43. The first-order chi connectivity index (χ1) is 11.5. The molecule has 0 aromatic heterocycles. The summed E-state index contributed by atoms with van der Waals surface area (Å²) < 4.78 is 11.4. The molecule has 0 aliphatic heterocycles. The zero-order valence-electron chi connectivity index (χ0n) is 13.7. The summed E-state index contributed by atoms with van der Waals surface area (Å²) in [4.78, 5) is 24.3. The second-order valence-corrected chi connectivity index (χ2v) is 6.81. The van der Waals surface area contributed by atoms with Crippen molar-refractivity contribution in [3.63, 3.8) is 0 Å². The van der Waals surface area contributed by atoms with E-state index in [2.05, 4.69) is 10.6 Å². The van der Waals surface area contributed by atoms with Gasteiger partial charge in [0.25, 0.3) is 0 Å². The normalized spacial score (nSPS) is 11.6. The van der Waals surface area contributed by atoms with E-state index in [1.807, 2.05) is 31.2 Å². The van der Waals surface area contributed by atoms with E-state index in [-0.39, 0.29) is 0 Å². The van der Waals surface area contributed by atoms with Crippen LogP contribution in [0.25, 0.3) is 0 Å². The fourth-order valence-corrected chi connectivity index (χ4v) is 2.77. The van der Waals surface area contributed by atoms with Crippen molar-refractivity contribution in [3.8, 4) is 0 Å². The van der Waals surface area contributed by atoms with E-state index in [1.54, 1.807) is 30.5 Å². The third-order valence-corrected chi connectivity index (χ3v) is 4.33. The lowest BCUT2D eigenvalue weighted by Crippen LogP contribution is -2.36. The number of carbonyl (C=O) groups is 2. The first-order valence-corrected chi connectivity index (χ1v) is 9.10. The van der Waals surface area contributed by atoms with Crippen LogP contribution in [0.1, 0.15) is 11.1 Å². The first-order valence-electron chi connectivity index (χ1n) is 7.54. The molecular weight excluding hydrogens is 324 g/mol. The molecule has 0 unspecified atom stereocenters. The second kappa shape index (κ2) is 8.40.